The summed E-state index contributed by atoms with van der Waals surface area (Å²) in [5.74, 6) is -0.873. The van der Waals surface area contributed by atoms with E-state index in [4.69, 9.17) is 10.2 Å². The van der Waals surface area contributed by atoms with Crippen molar-refractivity contribution in [3.8, 4) is 0 Å². The molecule has 5 heteroatoms. The van der Waals surface area contributed by atoms with Crippen LogP contribution in [0.1, 0.15) is 32.1 Å². The lowest BCUT2D eigenvalue weighted by atomic mass is 9.93. The van der Waals surface area contributed by atoms with Crippen molar-refractivity contribution in [3.05, 3.63) is 0 Å². The summed E-state index contributed by atoms with van der Waals surface area (Å²) in [4.78, 5) is 24.9. The highest BCUT2D eigenvalue weighted by Gasteiger charge is 2.58. The molecule has 0 aromatic carbocycles. The summed E-state index contributed by atoms with van der Waals surface area (Å²) in [6.45, 7) is 1.40. The molecule has 1 unspecified atom stereocenters. The predicted molar refractivity (Wildman–Crippen MR) is 60.3 cm³/mol. The van der Waals surface area contributed by atoms with Crippen LogP contribution in [0.5, 0.6) is 0 Å². The van der Waals surface area contributed by atoms with Gasteiger partial charge >= 0.3 is 5.97 Å². The predicted octanol–water partition coefficient (Wildman–Crippen LogP) is 0.472. The first-order valence-corrected chi connectivity index (χ1v) is 6.24. The molecule has 0 aromatic rings. The van der Waals surface area contributed by atoms with Gasteiger partial charge in [-0.3, -0.25) is 9.59 Å². The summed E-state index contributed by atoms with van der Waals surface area (Å²) >= 11 is 0. The zero-order valence-electron chi connectivity index (χ0n) is 9.89. The molecule has 2 aliphatic rings. The van der Waals surface area contributed by atoms with Gasteiger partial charge in [0.15, 0.2) is 0 Å². The monoisotopic (exact) mass is 241 g/mol. The minimum absolute atomic E-state index is 0.136. The van der Waals surface area contributed by atoms with E-state index in [0.29, 0.717) is 38.3 Å². The van der Waals surface area contributed by atoms with Gasteiger partial charge in [0.2, 0.25) is 5.91 Å². The van der Waals surface area contributed by atoms with Gasteiger partial charge in [-0.2, -0.15) is 0 Å². The lowest BCUT2D eigenvalue weighted by molar-refractivity contribution is -0.154. The number of rotatable bonds is 4. The zero-order valence-corrected chi connectivity index (χ0v) is 9.89. The number of aliphatic hydroxyl groups is 1. The molecule has 0 aromatic heterocycles. The Balaban J connectivity index is 1.98. The average Bonchev–Trinajstić information content (AvgIpc) is 3.10. The highest BCUT2D eigenvalue weighted by atomic mass is 16.4. The number of carbonyl (C=O) groups excluding carboxylic acids is 1. The molecule has 5 nitrogen and oxygen atoms in total. The summed E-state index contributed by atoms with van der Waals surface area (Å²) in [7, 11) is 0. The van der Waals surface area contributed by atoms with Crippen LogP contribution >= 0.6 is 0 Å². The van der Waals surface area contributed by atoms with Gasteiger partial charge in [0.1, 0.15) is 5.41 Å². The molecule has 1 atom stereocenters. The SMILES string of the molecule is O=C(O)C1(C(=O)N2CCCC(CCO)C2)CC1. The number of carbonyl (C=O) groups is 2. The van der Waals surface area contributed by atoms with Crippen LogP contribution in [0.4, 0.5) is 0 Å². The first kappa shape index (κ1) is 12.4. The van der Waals surface area contributed by atoms with E-state index in [2.05, 4.69) is 0 Å². The molecule has 1 aliphatic carbocycles. The van der Waals surface area contributed by atoms with E-state index < -0.39 is 11.4 Å². The minimum Gasteiger partial charge on any atom is -0.480 e. The molecular formula is C12H19NO4. The quantitative estimate of drug-likeness (QED) is 0.701. The normalized spacial score (nSPS) is 26.6. The van der Waals surface area contributed by atoms with Crippen molar-refractivity contribution >= 4 is 11.9 Å². The van der Waals surface area contributed by atoms with E-state index in [1.165, 1.54) is 0 Å². The fourth-order valence-corrected chi connectivity index (χ4v) is 2.61. The molecule has 2 N–H and O–H groups in total. The Bertz CT molecular complexity index is 322. The van der Waals surface area contributed by atoms with Gasteiger partial charge in [-0.15, -0.1) is 0 Å². The molecular weight excluding hydrogens is 222 g/mol. The Labute approximate surface area is 100 Å². The van der Waals surface area contributed by atoms with Crippen molar-refractivity contribution in [1.82, 2.24) is 4.90 Å². The number of aliphatic carboxylic acids is 1. The summed E-state index contributed by atoms with van der Waals surface area (Å²) in [6.07, 6.45) is 3.57. The largest absolute Gasteiger partial charge is 0.480 e. The molecule has 2 fully saturated rings. The van der Waals surface area contributed by atoms with Gasteiger partial charge < -0.3 is 15.1 Å². The fraction of sp³-hybridized carbons (Fsp3) is 0.833. The van der Waals surface area contributed by atoms with Crippen molar-refractivity contribution in [2.24, 2.45) is 11.3 Å². The molecule has 17 heavy (non-hydrogen) atoms. The van der Waals surface area contributed by atoms with E-state index in [1.54, 1.807) is 4.90 Å². The third-order valence-corrected chi connectivity index (χ3v) is 3.91. The van der Waals surface area contributed by atoms with Crippen LogP contribution < -0.4 is 0 Å². The van der Waals surface area contributed by atoms with Crippen molar-refractivity contribution in [2.75, 3.05) is 19.7 Å². The van der Waals surface area contributed by atoms with E-state index in [9.17, 15) is 9.59 Å². The summed E-state index contributed by atoms with van der Waals surface area (Å²) in [5, 5.41) is 18.0. The van der Waals surface area contributed by atoms with E-state index in [0.717, 1.165) is 12.8 Å². The molecule has 1 aliphatic heterocycles. The fourth-order valence-electron chi connectivity index (χ4n) is 2.61. The van der Waals surface area contributed by atoms with Gasteiger partial charge in [-0.1, -0.05) is 0 Å². The van der Waals surface area contributed by atoms with Gasteiger partial charge in [0, 0.05) is 19.7 Å². The third-order valence-electron chi connectivity index (χ3n) is 3.91. The Kier molecular flexibility index (Phi) is 3.38. The lowest BCUT2D eigenvalue weighted by Crippen LogP contribution is -2.46. The number of aliphatic hydroxyl groups excluding tert-OH is 1. The van der Waals surface area contributed by atoms with Crippen molar-refractivity contribution in [2.45, 2.75) is 32.1 Å². The maximum absolute atomic E-state index is 12.2. The molecule has 0 radical (unpaired) electrons. The number of nitrogens with zero attached hydrogens (tertiary/aromatic N) is 1. The van der Waals surface area contributed by atoms with Crippen LogP contribution in [0.2, 0.25) is 0 Å². The summed E-state index contributed by atoms with van der Waals surface area (Å²) in [6, 6.07) is 0. The second-order valence-corrected chi connectivity index (χ2v) is 5.16. The molecule has 0 bridgehead atoms. The number of carboxylic acid groups (broad SMARTS) is 1. The van der Waals surface area contributed by atoms with E-state index in [-0.39, 0.29) is 12.5 Å². The highest BCUT2D eigenvalue weighted by Crippen LogP contribution is 2.48. The first-order valence-electron chi connectivity index (χ1n) is 6.24. The van der Waals surface area contributed by atoms with E-state index >= 15 is 0 Å². The Morgan fingerprint density at radius 3 is 2.59 bits per heavy atom. The minimum atomic E-state index is -1.11. The van der Waals surface area contributed by atoms with Crippen LogP contribution in [0.3, 0.4) is 0 Å². The number of likely N-dealkylation sites (tertiary alicyclic amines) is 1. The molecule has 1 saturated heterocycles. The second kappa shape index (κ2) is 4.64. The van der Waals surface area contributed by atoms with Gasteiger partial charge in [0.05, 0.1) is 0 Å². The van der Waals surface area contributed by atoms with Crippen LogP contribution in [0, 0.1) is 11.3 Å². The van der Waals surface area contributed by atoms with Crippen LogP contribution in [-0.4, -0.2) is 46.7 Å². The average molecular weight is 241 g/mol. The number of amides is 1. The maximum Gasteiger partial charge on any atom is 0.319 e. The molecule has 0 spiro atoms. The number of hydrogen-bond acceptors (Lipinski definition) is 3. The van der Waals surface area contributed by atoms with Crippen LogP contribution in [0.15, 0.2) is 0 Å². The highest BCUT2D eigenvalue weighted by molar-refractivity contribution is 6.04. The van der Waals surface area contributed by atoms with Gasteiger partial charge in [0.25, 0.3) is 0 Å². The van der Waals surface area contributed by atoms with Gasteiger partial charge in [-0.25, -0.2) is 0 Å². The van der Waals surface area contributed by atoms with Crippen molar-refractivity contribution < 1.29 is 19.8 Å². The second-order valence-electron chi connectivity index (χ2n) is 5.16. The molecule has 96 valence electrons. The standard InChI is InChI=1S/C12H19NO4/c14-7-3-9-2-1-6-13(8-9)10(15)12(4-5-12)11(16)17/h9,14H,1-8H2,(H,16,17). The lowest BCUT2D eigenvalue weighted by Gasteiger charge is -2.34. The van der Waals surface area contributed by atoms with Crippen molar-refractivity contribution in [1.29, 1.82) is 0 Å². The van der Waals surface area contributed by atoms with Gasteiger partial charge in [-0.05, 0) is 38.0 Å². The Morgan fingerprint density at radius 2 is 2.06 bits per heavy atom. The summed E-state index contributed by atoms with van der Waals surface area (Å²) < 4.78 is 0. The van der Waals surface area contributed by atoms with Crippen LogP contribution in [-0.2, 0) is 9.59 Å². The number of carboxylic acids is 1. The first-order chi connectivity index (χ1) is 8.10. The molecule has 1 amide bonds. The maximum atomic E-state index is 12.2. The van der Waals surface area contributed by atoms with Crippen molar-refractivity contribution in [3.63, 3.8) is 0 Å². The molecule has 2 rings (SSSR count). The number of piperidine rings is 1. The topological polar surface area (TPSA) is 77.8 Å². The zero-order chi connectivity index (χ0) is 12.5. The Morgan fingerprint density at radius 1 is 1.35 bits per heavy atom. The number of hydrogen-bond donors (Lipinski definition) is 2. The van der Waals surface area contributed by atoms with Crippen LogP contribution in [0.25, 0.3) is 0 Å². The smallest absolute Gasteiger partial charge is 0.319 e. The third kappa shape index (κ3) is 2.29. The molecule has 1 heterocycles. The molecule has 1 saturated carbocycles. The Hall–Kier alpha value is -1.10. The van der Waals surface area contributed by atoms with E-state index in [1.807, 2.05) is 0 Å². The summed E-state index contributed by atoms with van der Waals surface area (Å²) in [5.41, 5.74) is -1.11.